The summed E-state index contributed by atoms with van der Waals surface area (Å²) in [6.07, 6.45) is 0. The first-order chi connectivity index (χ1) is 2.27. The fourth-order valence-electron chi connectivity index (χ4n) is 0. The molecule has 1 unspecified atom stereocenters. The Morgan fingerprint density at radius 3 is 2.20 bits per heavy atom. The molecule has 0 N–H and O–H groups in total. The van der Waals surface area contributed by atoms with Crippen LogP contribution >= 0.6 is 26.6 Å². The predicted octanol–water partition coefficient (Wildman–Crippen LogP) is 1.84. The van der Waals surface area contributed by atoms with Crippen LogP contribution in [0.2, 0.25) is 0 Å². The number of rotatable bonds is 1. The van der Waals surface area contributed by atoms with Crippen LogP contribution in [0.5, 0.6) is 0 Å². The molecule has 4 heteroatoms. The van der Waals surface area contributed by atoms with E-state index in [1.807, 2.05) is 0 Å². The van der Waals surface area contributed by atoms with E-state index in [4.69, 9.17) is 0 Å². The smallest absolute Gasteiger partial charge is 0.164 e. The van der Waals surface area contributed by atoms with Crippen molar-refractivity contribution in [1.29, 1.82) is 0 Å². The second-order valence-corrected chi connectivity index (χ2v) is 6.77. The van der Waals surface area contributed by atoms with Crippen LogP contribution in [0.4, 0.5) is 0 Å². The zero-order valence-corrected chi connectivity index (χ0v) is 6.51. The van der Waals surface area contributed by atoms with E-state index in [9.17, 15) is 0 Å². The van der Waals surface area contributed by atoms with Crippen LogP contribution in [0.1, 0.15) is 0 Å². The van der Waals surface area contributed by atoms with Crippen molar-refractivity contribution in [2.24, 2.45) is 0 Å². The van der Waals surface area contributed by atoms with Crippen LogP contribution < -0.4 is 0 Å². The van der Waals surface area contributed by atoms with Gasteiger partial charge >= 0.3 is 4.57 Å². The maximum Gasteiger partial charge on any atom is 0.406 e. The second-order valence-electron chi connectivity index (χ2n) is 0.395. The van der Waals surface area contributed by atoms with E-state index in [1.54, 1.807) is 7.11 Å². The maximum atomic E-state index is 4.62. The van der Waals surface area contributed by atoms with Crippen molar-refractivity contribution in [2.45, 2.75) is 0 Å². The molecule has 0 bridgehead atoms. The van der Waals surface area contributed by atoms with Crippen molar-refractivity contribution in [2.75, 3.05) is 7.11 Å². The Bertz CT molecular complexity index is 46.9. The molecule has 0 amide bonds. The van der Waals surface area contributed by atoms with Gasteiger partial charge in [-0.3, -0.25) is 0 Å². The highest BCUT2D eigenvalue weighted by molar-refractivity contribution is 14.2. The van der Waals surface area contributed by atoms with E-state index in [-0.39, 0.29) is 0 Å². The summed E-state index contributed by atoms with van der Waals surface area (Å²) in [6.45, 7) is 0. The van der Waals surface area contributed by atoms with Gasteiger partial charge in [0.25, 0.3) is 22.0 Å². The van der Waals surface area contributed by atoms with Crippen LogP contribution in [-0.2, 0) is 16.3 Å². The average molecular weight is 221 g/mol. The topological polar surface area (TPSA) is 9.23 Å². The molecule has 0 rings (SSSR count). The summed E-state index contributed by atoms with van der Waals surface area (Å²) in [6, 6.07) is 0. The van der Waals surface area contributed by atoms with Gasteiger partial charge in [0.2, 0.25) is 11.8 Å². The first-order valence-electron chi connectivity index (χ1n) is 0.942. The van der Waals surface area contributed by atoms with Crippen LogP contribution in [0.25, 0.3) is 0 Å². The van der Waals surface area contributed by atoms with Crippen LogP contribution in [0.3, 0.4) is 0 Å². The Kier molecular flexibility index (Phi) is 4.23. The van der Waals surface area contributed by atoms with E-state index in [2.05, 4.69) is 38.4 Å². The normalized spacial score (nSPS) is 11.2. The average Bonchev–Trinajstić information content (AvgIpc) is 1.38. The zero-order chi connectivity index (χ0) is 4.28. The SMILES string of the molecule is CO[P+](=S)I. The molecular weight excluding hydrogens is 218 g/mol. The molecule has 0 aliphatic heterocycles. The van der Waals surface area contributed by atoms with Gasteiger partial charge < -0.3 is 0 Å². The van der Waals surface area contributed by atoms with E-state index in [1.165, 1.54) is 0 Å². The molecule has 0 aliphatic rings. The Labute approximate surface area is 50.1 Å². The van der Waals surface area contributed by atoms with Gasteiger partial charge in [0.05, 0.1) is 7.11 Å². The van der Waals surface area contributed by atoms with E-state index in [0.717, 1.165) is 0 Å². The third kappa shape index (κ3) is 5.21. The van der Waals surface area contributed by atoms with Gasteiger partial charge in [0.15, 0.2) is 0 Å². The van der Waals surface area contributed by atoms with Crippen molar-refractivity contribution in [3.63, 3.8) is 0 Å². The highest BCUT2D eigenvalue weighted by atomic mass is 127. The Morgan fingerprint density at radius 1 is 2.00 bits per heavy atom. The summed E-state index contributed by atoms with van der Waals surface area (Å²) in [5.74, 6) is 0. The highest BCUT2D eigenvalue weighted by Crippen LogP contribution is 2.30. The van der Waals surface area contributed by atoms with Crippen molar-refractivity contribution in [3.8, 4) is 0 Å². The minimum atomic E-state index is -0.545. The summed E-state index contributed by atoms with van der Waals surface area (Å²) in [5, 5.41) is 0. The molecule has 5 heavy (non-hydrogen) atoms. The lowest BCUT2D eigenvalue weighted by molar-refractivity contribution is 0.485. The van der Waals surface area contributed by atoms with Crippen molar-refractivity contribution in [1.82, 2.24) is 0 Å². The monoisotopic (exact) mass is 221 g/mol. The van der Waals surface area contributed by atoms with E-state index < -0.39 is 4.57 Å². The molecule has 0 radical (unpaired) electrons. The summed E-state index contributed by atoms with van der Waals surface area (Å²) >= 11 is 6.67. The number of halogens is 1. The van der Waals surface area contributed by atoms with E-state index in [0.29, 0.717) is 0 Å². The van der Waals surface area contributed by atoms with Gasteiger partial charge in [-0.05, 0) is 0 Å². The Hall–Kier alpha value is 1.21. The van der Waals surface area contributed by atoms with Gasteiger partial charge in [-0.2, -0.15) is 4.52 Å². The lowest BCUT2D eigenvalue weighted by atomic mass is 11.8. The van der Waals surface area contributed by atoms with Crippen LogP contribution in [0, 0.1) is 0 Å². The van der Waals surface area contributed by atoms with Crippen LogP contribution in [-0.4, -0.2) is 7.11 Å². The summed E-state index contributed by atoms with van der Waals surface area (Å²) in [4.78, 5) is 0. The molecule has 0 aromatic carbocycles. The van der Waals surface area contributed by atoms with Gasteiger partial charge in [0, 0.05) is 0 Å². The molecule has 0 aromatic rings. The molecule has 0 aliphatic carbocycles. The fraction of sp³-hybridized carbons (Fsp3) is 1.00. The van der Waals surface area contributed by atoms with Gasteiger partial charge in [-0.1, -0.05) is 0 Å². The molecule has 1 nitrogen and oxygen atoms in total. The first kappa shape index (κ1) is 6.21. The minimum Gasteiger partial charge on any atom is -0.164 e. The first-order valence-corrected chi connectivity index (χ1v) is 6.00. The quantitative estimate of drug-likeness (QED) is 0.493. The Morgan fingerprint density at radius 2 is 2.20 bits per heavy atom. The summed E-state index contributed by atoms with van der Waals surface area (Å²) in [5.41, 5.74) is 0. The largest absolute Gasteiger partial charge is 0.406 e. The van der Waals surface area contributed by atoms with Crippen molar-refractivity contribution < 1.29 is 4.52 Å². The maximum absolute atomic E-state index is 4.62. The molecule has 30 valence electrons. The lowest BCUT2D eigenvalue weighted by Gasteiger charge is -1.59. The second kappa shape index (κ2) is 3.40. The highest BCUT2D eigenvalue weighted by Gasteiger charge is 1.94. The molecule has 0 heterocycles. The third-order valence-corrected chi connectivity index (χ3v) is 2.06. The molecular formula is CH3IOPS+. The standard InChI is InChI=1S/CH3IOPS/c1-3-4(2)5/h1H3/q+1. The minimum absolute atomic E-state index is 0.545. The summed E-state index contributed by atoms with van der Waals surface area (Å²) in [7, 11) is 1.62. The zero-order valence-electron chi connectivity index (χ0n) is 2.64. The number of hydrogen-bond acceptors (Lipinski definition) is 2. The van der Waals surface area contributed by atoms with E-state index >= 15 is 0 Å². The lowest BCUT2D eigenvalue weighted by Crippen LogP contribution is -1.48. The molecule has 0 aromatic heterocycles. The molecule has 0 saturated heterocycles. The fourth-order valence-corrected chi connectivity index (χ4v) is 0. The van der Waals surface area contributed by atoms with Gasteiger partial charge in [0.1, 0.15) is 0 Å². The van der Waals surface area contributed by atoms with Crippen molar-refractivity contribution >= 4 is 38.4 Å². The number of hydrogen-bond donors (Lipinski definition) is 0. The molecule has 0 saturated carbocycles. The summed E-state index contributed by atoms with van der Waals surface area (Å²) < 4.78 is 4.07. The third-order valence-electron chi connectivity index (χ3n) is 0.144. The Balaban J connectivity index is 2.85. The van der Waals surface area contributed by atoms with Gasteiger partial charge in [-0.15, -0.1) is 0 Å². The predicted molar refractivity (Wildman–Crippen MR) is 35.3 cm³/mol. The van der Waals surface area contributed by atoms with Crippen LogP contribution in [0.15, 0.2) is 0 Å². The van der Waals surface area contributed by atoms with Crippen molar-refractivity contribution in [3.05, 3.63) is 0 Å². The molecule has 0 fully saturated rings. The molecule has 1 atom stereocenters. The van der Waals surface area contributed by atoms with Gasteiger partial charge in [-0.25, -0.2) is 0 Å². The molecule has 0 spiro atoms.